The van der Waals surface area contributed by atoms with E-state index >= 15 is 0 Å². The average Bonchev–Trinajstić information content (AvgIpc) is 2.52. The second-order valence-corrected chi connectivity index (χ2v) is 5.67. The molecule has 3 heterocycles. The molecule has 4 heteroatoms. The van der Waals surface area contributed by atoms with Gasteiger partial charge in [-0.3, -0.25) is 4.79 Å². The lowest BCUT2D eigenvalue weighted by Gasteiger charge is -2.33. The van der Waals surface area contributed by atoms with Crippen molar-refractivity contribution in [3.8, 4) is 0 Å². The Bertz CT molecular complexity index is 713. The van der Waals surface area contributed by atoms with Crippen molar-refractivity contribution in [1.29, 1.82) is 0 Å². The Morgan fingerprint density at radius 3 is 2.75 bits per heavy atom. The summed E-state index contributed by atoms with van der Waals surface area (Å²) in [5.74, 6) is 0. The van der Waals surface area contributed by atoms with Gasteiger partial charge >= 0.3 is 0 Å². The van der Waals surface area contributed by atoms with E-state index in [2.05, 4.69) is 20.9 Å². The fourth-order valence-electron chi connectivity index (χ4n) is 3.54. The molecule has 2 aromatic rings. The molecule has 0 radical (unpaired) electrons. The molecule has 0 aliphatic carbocycles. The molecule has 104 valence electrons. The van der Waals surface area contributed by atoms with Gasteiger partial charge in [0, 0.05) is 56.1 Å². The van der Waals surface area contributed by atoms with Crippen LogP contribution in [0.4, 0.5) is 5.69 Å². The van der Waals surface area contributed by atoms with Crippen LogP contribution in [0.2, 0.25) is 0 Å². The first kappa shape index (κ1) is 12.0. The number of hydrogen-bond donors (Lipinski definition) is 1. The third-order valence-corrected chi connectivity index (χ3v) is 4.50. The molecular formula is C16H19N3O. The molecule has 0 atom stereocenters. The highest BCUT2D eigenvalue weighted by Crippen LogP contribution is 2.32. The minimum Gasteiger partial charge on any atom is -0.369 e. The Morgan fingerprint density at radius 2 is 1.90 bits per heavy atom. The number of piperazine rings is 1. The smallest absolute Gasteiger partial charge is 0.189 e. The van der Waals surface area contributed by atoms with Crippen LogP contribution < -0.4 is 15.6 Å². The van der Waals surface area contributed by atoms with E-state index in [1.165, 1.54) is 16.8 Å². The molecule has 1 aromatic heterocycles. The largest absolute Gasteiger partial charge is 0.369 e. The summed E-state index contributed by atoms with van der Waals surface area (Å²) in [6.45, 7) is 5.21. The van der Waals surface area contributed by atoms with Crippen molar-refractivity contribution >= 4 is 16.6 Å². The highest BCUT2D eigenvalue weighted by atomic mass is 16.1. The molecule has 0 saturated carbocycles. The average molecular weight is 269 g/mol. The van der Waals surface area contributed by atoms with Gasteiger partial charge in [-0.25, -0.2) is 0 Å². The molecule has 0 amide bonds. The number of aromatic nitrogens is 1. The van der Waals surface area contributed by atoms with E-state index in [-0.39, 0.29) is 5.43 Å². The Kier molecular flexibility index (Phi) is 2.77. The summed E-state index contributed by atoms with van der Waals surface area (Å²) in [6, 6.07) is 5.86. The molecule has 4 rings (SSSR count). The molecule has 20 heavy (non-hydrogen) atoms. The van der Waals surface area contributed by atoms with Crippen LogP contribution in [0.15, 0.2) is 29.2 Å². The maximum absolute atomic E-state index is 12.1. The van der Waals surface area contributed by atoms with Crippen LogP contribution in [-0.2, 0) is 13.0 Å². The van der Waals surface area contributed by atoms with Gasteiger partial charge in [0.15, 0.2) is 5.43 Å². The normalized spacial score (nSPS) is 18.5. The number of benzene rings is 1. The van der Waals surface area contributed by atoms with Crippen molar-refractivity contribution in [2.75, 3.05) is 31.1 Å². The van der Waals surface area contributed by atoms with Crippen molar-refractivity contribution < 1.29 is 0 Å². The van der Waals surface area contributed by atoms with E-state index in [1.54, 1.807) is 6.07 Å². The number of pyridine rings is 1. The monoisotopic (exact) mass is 269 g/mol. The summed E-state index contributed by atoms with van der Waals surface area (Å²) >= 11 is 0. The Hall–Kier alpha value is -1.81. The van der Waals surface area contributed by atoms with Crippen LogP contribution in [0.5, 0.6) is 0 Å². The number of rotatable bonds is 1. The molecule has 1 N–H and O–H groups in total. The van der Waals surface area contributed by atoms with E-state index in [1.807, 2.05) is 12.3 Å². The highest BCUT2D eigenvalue weighted by Gasteiger charge is 2.20. The molecule has 0 spiro atoms. The molecule has 0 bridgehead atoms. The van der Waals surface area contributed by atoms with Gasteiger partial charge in [-0.05, 0) is 30.5 Å². The quantitative estimate of drug-likeness (QED) is 0.849. The number of hydrogen-bond acceptors (Lipinski definition) is 3. The first-order valence-electron chi connectivity index (χ1n) is 7.45. The number of nitrogens with zero attached hydrogens (tertiary/aromatic N) is 2. The van der Waals surface area contributed by atoms with Gasteiger partial charge in [0.1, 0.15) is 0 Å². The lowest BCUT2D eigenvalue weighted by molar-refractivity contribution is 0.582. The van der Waals surface area contributed by atoms with Crippen molar-refractivity contribution in [2.24, 2.45) is 0 Å². The molecule has 2 aliphatic rings. The second-order valence-electron chi connectivity index (χ2n) is 5.67. The van der Waals surface area contributed by atoms with E-state index in [4.69, 9.17) is 0 Å². The van der Waals surface area contributed by atoms with Gasteiger partial charge in [-0.1, -0.05) is 0 Å². The topological polar surface area (TPSA) is 37.3 Å². The maximum atomic E-state index is 12.1. The summed E-state index contributed by atoms with van der Waals surface area (Å²) < 4.78 is 2.25. The lowest BCUT2D eigenvalue weighted by Crippen LogP contribution is -2.44. The van der Waals surface area contributed by atoms with Crippen molar-refractivity contribution in [3.05, 3.63) is 40.2 Å². The predicted molar refractivity (Wildman–Crippen MR) is 81.6 cm³/mol. The zero-order valence-electron chi connectivity index (χ0n) is 11.6. The minimum atomic E-state index is 0.145. The summed E-state index contributed by atoms with van der Waals surface area (Å²) in [7, 11) is 0. The first-order chi connectivity index (χ1) is 9.84. The van der Waals surface area contributed by atoms with Gasteiger partial charge in [-0.2, -0.15) is 0 Å². The van der Waals surface area contributed by atoms with Gasteiger partial charge in [-0.15, -0.1) is 0 Å². The number of aryl methyl sites for hydroxylation is 2. The SMILES string of the molecule is O=c1ccn2c3c(c(N4CCNCC4)ccc13)CCC2. The number of nitrogens with one attached hydrogen (secondary N) is 1. The van der Waals surface area contributed by atoms with Crippen LogP contribution in [0, 0.1) is 0 Å². The molecule has 1 saturated heterocycles. The highest BCUT2D eigenvalue weighted by molar-refractivity contribution is 5.88. The summed E-state index contributed by atoms with van der Waals surface area (Å²) in [6.07, 6.45) is 4.20. The lowest BCUT2D eigenvalue weighted by atomic mass is 9.98. The molecule has 1 aromatic carbocycles. The van der Waals surface area contributed by atoms with Gasteiger partial charge in [0.05, 0.1) is 5.52 Å². The fourth-order valence-corrected chi connectivity index (χ4v) is 3.54. The molecule has 4 nitrogen and oxygen atoms in total. The van der Waals surface area contributed by atoms with Crippen LogP contribution in [0.1, 0.15) is 12.0 Å². The summed E-state index contributed by atoms with van der Waals surface area (Å²) in [4.78, 5) is 14.5. The third-order valence-electron chi connectivity index (χ3n) is 4.50. The van der Waals surface area contributed by atoms with E-state index in [0.29, 0.717) is 0 Å². The van der Waals surface area contributed by atoms with Crippen LogP contribution in [0.3, 0.4) is 0 Å². The molecular weight excluding hydrogens is 250 g/mol. The van der Waals surface area contributed by atoms with Gasteiger partial charge < -0.3 is 14.8 Å². The van der Waals surface area contributed by atoms with E-state index in [9.17, 15) is 4.79 Å². The van der Waals surface area contributed by atoms with Crippen molar-refractivity contribution in [3.63, 3.8) is 0 Å². The zero-order valence-corrected chi connectivity index (χ0v) is 11.6. The minimum absolute atomic E-state index is 0.145. The summed E-state index contributed by atoms with van der Waals surface area (Å²) in [5.41, 5.74) is 4.01. The van der Waals surface area contributed by atoms with Crippen LogP contribution in [-0.4, -0.2) is 30.7 Å². The standard InChI is InChI=1S/C16H19N3O/c20-15-5-9-19-8-1-2-12-14(4-3-13(15)16(12)19)18-10-6-17-7-11-18/h3-5,9,17H,1-2,6-8,10-11H2. The number of anilines is 1. The van der Waals surface area contributed by atoms with E-state index in [0.717, 1.165) is 51.0 Å². The van der Waals surface area contributed by atoms with Gasteiger partial charge in [0.25, 0.3) is 0 Å². The second kappa shape index (κ2) is 4.63. The predicted octanol–water partition coefficient (Wildman–Crippen LogP) is 1.36. The van der Waals surface area contributed by atoms with Gasteiger partial charge in [0.2, 0.25) is 0 Å². The molecule has 0 unspecified atom stereocenters. The van der Waals surface area contributed by atoms with Crippen LogP contribution in [0.25, 0.3) is 10.9 Å². The van der Waals surface area contributed by atoms with Crippen molar-refractivity contribution in [1.82, 2.24) is 9.88 Å². The Balaban J connectivity index is 1.95. The van der Waals surface area contributed by atoms with Crippen LogP contribution >= 0.6 is 0 Å². The molecule has 2 aliphatic heterocycles. The fraction of sp³-hybridized carbons (Fsp3) is 0.438. The first-order valence-corrected chi connectivity index (χ1v) is 7.45. The maximum Gasteiger partial charge on any atom is 0.189 e. The Morgan fingerprint density at radius 1 is 1.05 bits per heavy atom. The Labute approximate surface area is 118 Å². The van der Waals surface area contributed by atoms with Crippen molar-refractivity contribution in [2.45, 2.75) is 19.4 Å². The molecule has 1 fully saturated rings. The zero-order chi connectivity index (χ0) is 13.5. The third kappa shape index (κ3) is 1.75. The van der Waals surface area contributed by atoms with E-state index < -0.39 is 0 Å². The summed E-state index contributed by atoms with van der Waals surface area (Å²) in [5, 5.41) is 4.27.